The van der Waals surface area contributed by atoms with Crippen LogP contribution >= 0.6 is 0 Å². The number of fused-ring (bicyclic) bond motifs is 6. The van der Waals surface area contributed by atoms with Crippen LogP contribution in [0.15, 0.2) is 60.8 Å². The summed E-state index contributed by atoms with van der Waals surface area (Å²) in [5.74, 6) is 1.58. The van der Waals surface area contributed by atoms with Crippen LogP contribution in [0, 0.1) is 23.2 Å². The number of aliphatic hydroxyl groups is 2. The molecule has 396 valence electrons. The van der Waals surface area contributed by atoms with E-state index in [0.29, 0.717) is 51.4 Å². The van der Waals surface area contributed by atoms with Gasteiger partial charge in [0.2, 0.25) is 11.6 Å². The molecular formula is C56H72N8O10. The summed E-state index contributed by atoms with van der Waals surface area (Å²) in [7, 11) is 3.09. The van der Waals surface area contributed by atoms with E-state index >= 15 is 0 Å². The quantitative estimate of drug-likeness (QED) is 0.132. The zero-order valence-corrected chi connectivity index (χ0v) is 44.0. The number of methoxy groups -OCH3 is 1. The molecule has 74 heavy (non-hydrogen) atoms. The van der Waals surface area contributed by atoms with E-state index < -0.39 is 64.3 Å². The van der Waals surface area contributed by atoms with E-state index in [2.05, 4.69) is 63.2 Å². The number of carbonyl (C=O) groups is 5. The highest BCUT2D eigenvalue weighted by molar-refractivity contribution is 5.98. The van der Waals surface area contributed by atoms with Crippen molar-refractivity contribution in [3.05, 3.63) is 77.6 Å². The van der Waals surface area contributed by atoms with Gasteiger partial charge in [0.25, 0.3) is 17.7 Å². The molecule has 0 aliphatic carbocycles. The molecule has 5 atom stereocenters. The lowest BCUT2D eigenvalue weighted by Gasteiger charge is -2.40. The summed E-state index contributed by atoms with van der Waals surface area (Å²) in [5.41, 5.74) is 5.11. The lowest BCUT2D eigenvalue weighted by Crippen LogP contribution is -2.67. The number of carbonyl (C=O) groups excluding carboxylic acids is 5. The number of β-amino-alcohol motifs (C(OH)–C–C–N with tert-alkyl or cyclic N) is 1. The molecule has 2 aromatic heterocycles. The second-order valence-electron chi connectivity index (χ2n) is 21.4. The number of esters is 1. The highest BCUT2D eigenvalue weighted by atomic mass is 16.6. The van der Waals surface area contributed by atoms with Crippen LogP contribution in [0.25, 0.3) is 33.3 Å². The molecule has 2 aromatic carbocycles. The van der Waals surface area contributed by atoms with Crippen LogP contribution < -0.4 is 10.7 Å². The average molecular weight is 1020 g/mol. The summed E-state index contributed by atoms with van der Waals surface area (Å²) in [6.07, 6.45) is 2.08. The van der Waals surface area contributed by atoms with Gasteiger partial charge in [0.05, 0.1) is 50.4 Å². The van der Waals surface area contributed by atoms with Gasteiger partial charge >= 0.3 is 5.97 Å². The van der Waals surface area contributed by atoms with E-state index in [9.17, 15) is 34.2 Å². The molecule has 0 saturated carbocycles. The smallest absolute Gasteiger partial charge is 0.355 e. The third-order valence-electron chi connectivity index (χ3n) is 14.9. The standard InChI is InChI=1S/C56H72N8O10/c1-9-63-45-19-18-40-32-42(45)43(49(63)41-16-11-22-57-47(41)37(4)72-8)33-54(5,6)35-74-53(69)56(71)20-13-24-64(59-56)51(67)44(31-38-14-10-15-39(40)30-38)58-50(66)48(36(2)3)60(7)52(68)55(70)21-25-62(34-55)46(65)17-12-23-61-26-28-73-29-27-61/h10-11,14-16,18-19,22,30,32,36-37,44,48,59,70-71H,9,13,20-21,23-29,31,33-35H2,1-8H3,(H,58,66)/t37-,44-,48-,55?,56-/m0/s1. The number of hydrogen-bond donors (Lipinski definition) is 4. The molecule has 3 saturated heterocycles. The van der Waals surface area contributed by atoms with Gasteiger partial charge in [-0.1, -0.05) is 63.9 Å². The lowest BCUT2D eigenvalue weighted by molar-refractivity contribution is -0.189. The third kappa shape index (κ3) is 11.4. The second-order valence-corrected chi connectivity index (χ2v) is 21.4. The number of aromatic nitrogens is 2. The van der Waals surface area contributed by atoms with Crippen molar-refractivity contribution >= 4 is 40.5 Å². The largest absolute Gasteiger partial charge is 0.462 e. The molecular weight excluding hydrogens is 945 g/mol. The third-order valence-corrected chi connectivity index (χ3v) is 14.9. The Hall–Kier alpha value is -6.20. The molecule has 4 amide bonds. The SMILES string of the molecule is CCn1c(-c2cccnc2[C@H](C)OC)c2c3cc(ccc31)-c1cccc(c1)C[C@H](NC(=O)[C@H](C(C)C)N(C)C(=O)C1(O)CCN(C(=O)C#CCN3CCOCC3)C1)C(=O)N1CCC[C@@](O)(N1)C(=O)OCC(C)(C)C2. The molecule has 1 unspecified atom stereocenters. The van der Waals surface area contributed by atoms with E-state index in [1.807, 2.05) is 51.1 Å². The summed E-state index contributed by atoms with van der Waals surface area (Å²) in [6, 6.07) is 15.7. The highest BCUT2D eigenvalue weighted by Gasteiger charge is 2.49. The number of nitrogens with zero attached hydrogens (tertiary/aromatic N) is 6. The molecule has 3 fully saturated rings. The van der Waals surface area contributed by atoms with Crippen molar-refractivity contribution in [3.63, 3.8) is 0 Å². The first-order valence-corrected chi connectivity index (χ1v) is 25.9. The summed E-state index contributed by atoms with van der Waals surface area (Å²) >= 11 is 0. The predicted molar refractivity (Wildman–Crippen MR) is 277 cm³/mol. The van der Waals surface area contributed by atoms with Gasteiger partial charge < -0.3 is 44.1 Å². The van der Waals surface area contributed by atoms with Crippen LogP contribution in [-0.2, 0) is 57.6 Å². The van der Waals surface area contributed by atoms with Crippen LogP contribution in [0.1, 0.15) is 83.7 Å². The Morgan fingerprint density at radius 3 is 2.49 bits per heavy atom. The van der Waals surface area contributed by atoms with Gasteiger partial charge in [0.15, 0.2) is 5.60 Å². The molecule has 18 heteroatoms. The minimum Gasteiger partial charge on any atom is -0.462 e. The fourth-order valence-corrected chi connectivity index (χ4v) is 10.9. The molecule has 18 nitrogen and oxygen atoms in total. The Morgan fingerprint density at radius 1 is 1.00 bits per heavy atom. The summed E-state index contributed by atoms with van der Waals surface area (Å²) in [6.45, 7) is 15.1. The topological polar surface area (TPSA) is 208 Å². The second kappa shape index (κ2) is 22.3. The molecule has 4 N–H and O–H groups in total. The monoisotopic (exact) mass is 1020 g/mol. The van der Waals surface area contributed by atoms with E-state index in [4.69, 9.17) is 19.2 Å². The molecule has 0 spiro atoms. The van der Waals surface area contributed by atoms with E-state index in [-0.39, 0.29) is 58.0 Å². The number of ether oxygens (including phenoxy) is 3. The average Bonchev–Trinajstić information content (AvgIpc) is 3.94. The Balaban J connectivity index is 1.12. The van der Waals surface area contributed by atoms with Gasteiger partial charge in [0.1, 0.15) is 12.1 Å². The van der Waals surface area contributed by atoms with Crippen molar-refractivity contribution in [1.82, 2.24) is 40.0 Å². The number of pyridine rings is 1. The van der Waals surface area contributed by atoms with Crippen molar-refractivity contribution < 1.29 is 48.4 Å². The molecule has 4 aliphatic heterocycles. The molecule has 4 aromatic rings. The van der Waals surface area contributed by atoms with Gasteiger partial charge in [-0.3, -0.25) is 34.1 Å². The number of likely N-dealkylation sites (tertiary alicyclic amines) is 1. The molecule has 6 bridgehead atoms. The Morgan fingerprint density at radius 2 is 1.76 bits per heavy atom. The van der Waals surface area contributed by atoms with Crippen molar-refractivity contribution in [2.24, 2.45) is 11.3 Å². The van der Waals surface area contributed by atoms with Crippen molar-refractivity contribution in [1.29, 1.82) is 0 Å². The number of nitrogens with one attached hydrogen (secondary N) is 2. The fourth-order valence-electron chi connectivity index (χ4n) is 10.9. The maximum absolute atomic E-state index is 14.9. The van der Waals surface area contributed by atoms with E-state index in [0.717, 1.165) is 49.6 Å². The number of cyclic esters (lactones) is 1. The first kappa shape index (κ1) is 54.1. The van der Waals surface area contributed by atoms with E-state index in [1.165, 1.54) is 16.8 Å². The van der Waals surface area contributed by atoms with Gasteiger partial charge in [-0.2, -0.15) is 5.43 Å². The first-order chi connectivity index (χ1) is 35.3. The minimum absolute atomic E-state index is 0.00492. The number of morpholine rings is 1. The van der Waals surface area contributed by atoms with Crippen molar-refractivity contribution in [2.45, 2.75) is 110 Å². The first-order valence-electron chi connectivity index (χ1n) is 25.9. The van der Waals surface area contributed by atoms with Crippen LogP contribution in [0.4, 0.5) is 0 Å². The summed E-state index contributed by atoms with van der Waals surface area (Å²) < 4.78 is 19.5. The molecule has 8 rings (SSSR count). The number of hydrazine groups is 1. The number of amides is 4. The molecule has 6 heterocycles. The Labute approximate surface area is 433 Å². The lowest BCUT2D eigenvalue weighted by atomic mass is 9.84. The van der Waals surface area contributed by atoms with Crippen molar-refractivity contribution in [2.75, 3.05) is 73.2 Å². The highest BCUT2D eigenvalue weighted by Crippen LogP contribution is 2.42. The fraction of sp³-hybridized carbons (Fsp3) is 0.536. The number of rotatable bonds is 10. The zero-order chi connectivity index (χ0) is 53.1. The minimum atomic E-state index is -2.27. The van der Waals surface area contributed by atoms with Crippen LogP contribution in [-0.4, -0.2) is 166 Å². The van der Waals surface area contributed by atoms with Crippen LogP contribution in [0.2, 0.25) is 0 Å². The number of benzene rings is 2. The van der Waals surface area contributed by atoms with Crippen LogP contribution in [0.3, 0.4) is 0 Å². The summed E-state index contributed by atoms with van der Waals surface area (Å²) in [4.78, 5) is 80.4. The Bertz CT molecular complexity index is 2830. The van der Waals surface area contributed by atoms with Gasteiger partial charge in [0, 0.05) is 94.2 Å². The maximum atomic E-state index is 14.9. The Kier molecular flexibility index (Phi) is 16.3. The van der Waals surface area contributed by atoms with E-state index in [1.54, 1.807) is 27.2 Å². The van der Waals surface area contributed by atoms with Crippen LogP contribution in [0.5, 0.6) is 0 Å². The predicted octanol–water partition coefficient (Wildman–Crippen LogP) is 3.85. The molecule has 0 radical (unpaired) electrons. The van der Waals surface area contributed by atoms with Crippen molar-refractivity contribution in [3.8, 4) is 34.2 Å². The number of aryl methyl sites for hydroxylation is 1. The van der Waals surface area contributed by atoms with Gasteiger partial charge in [-0.15, -0.1) is 0 Å². The number of likely N-dealkylation sites (N-methyl/N-ethyl adjacent to an activating group) is 1. The van der Waals surface area contributed by atoms with Gasteiger partial charge in [-0.05, 0) is 85.0 Å². The number of hydrogen-bond acceptors (Lipinski definition) is 13. The van der Waals surface area contributed by atoms with Gasteiger partial charge in [-0.25, -0.2) is 4.79 Å². The normalized spacial score (nSPS) is 23.4. The summed E-state index contributed by atoms with van der Waals surface area (Å²) in [5, 5.41) is 28.8. The maximum Gasteiger partial charge on any atom is 0.355 e. The molecule has 4 aliphatic rings. The zero-order valence-electron chi connectivity index (χ0n) is 44.0.